The highest BCUT2D eigenvalue weighted by molar-refractivity contribution is 7.07. The highest BCUT2D eigenvalue weighted by atomic mass is 32.1. The van der Waals surface area contributed by atoms with E-state index < -0.39 is 0 Å². The largest absolute Gasteiger partial charge is 0.314 e. The average molecular weight is 197 g/mol. The minimum Gasteiger partial charge on any atom is -0.314 e. The molecule has 0 saturated heterocycles. The fraction of sp³-hybridized carbons (Fsp3) is 0.636. The molecule has 0 aliphatic heterocycles. The van der Waals surface area contributed by atoms with E-state index in [1.807, 2.05) is 0 Å². The van der Waals surface area contributed by atoms with Gasteiger partial charge in [0.1, 0.15) is 0 Å². The Hall–Kier alpha value is -0.340. The Kier molecular flexibility index (Phi) is 4.46. The summed E-state index contributed by atoms with van der Waals surface area (Å²) >= 11 is 1.78. The maximum Gasteiger partial charge on any atom is 0.00795 e. The average Bonchev–Trinajstić information content (AvgIpc) is 2.53. The zero-order valence-electron chi connectivity index (χ0n) is 8.71. The molecule has 0 fully saturated rings. The van der Waals surface area contributed by atoms with Gasteiger partial charge < -0.3 is 5.32 Å². The maximum atomic E-state index is 3.52. The van der Waals surface area contributed by atoms with Gasteiger partial charge in [0.15, 0.2) is 0 Å². The van der Waals surface area contributed by atoms with Crippen molar-refractivity contribution in [2.24, 2.45) is 5.92 Å². The molecule has 1 rings (SSSR count). The normalized spacial score (nSPS) is 13.5. The minimum atomic E-state index is 0.594. The van der Waals surface area contributed by atoms with Gasteiger partial charge in [0.25, 0.3) is 0 Å². The molecular formula is C11H19NS. The van der Waals surface area contributed by atoms with Crippen molar-refractivity contribution in [2.75, 3.05) is 6.54 Å². The first kappa shape index (κ1) is 10.7. The van der Waals surface area contributed by atoms with Crippen LogP contribution in [0.1, 0.15) is 26.3 Å². The first-order chi connectivity index (χ1) is 6.18. The Bertz CT molecular complexity index is 216. The van der Waals surface area contributed by atoms with E-state index in [1.54, 1.807) is 11.3 Å². The zero-order chi connectivity index (χ0) is 9.68. The van der Waals surface area contributed by atoms with Crippen LogP contribution in [-0.2, 0) is 6.42 Å². The molecule has 1 aromatic rings. The summed E-state index contributed by atoms with van der Waals surface area (Å²) < 4.78 is 0. The third-order valence-electron chi connectivity index (χ3n) is 2.00. The van der Waals surface area contributed by atoms with Crippen LogP contribution in [0, 0.1) is 5.92 Å². The van der Waals surface area contributed by atoms with Crippen molar-refractivity contribution in [3.63, 3.8) is 0 Å². The third-order valence-corrected chi connectivity index (χ3v) is 2.73. The molecule has 0 amide bonds. The number of hydrogen-bond donors (Lipinski definition) is 1. The highest BCUT2D eigenvalue weighted by Crippen LogP contribution is 2.08. The van der Waals surface area contributed by atoms with Gasteiger partial charge in [-0.2, -0.15) is 11.3 Å². The molecule has 0 aliphatic carbocycles. The predicted molar refractivity (Wildman–Crippen MR) is 60.3 cm³/mol. The molecule has 1 nitrogen and oxygen atoms in total. The zero-order valence-corrected chi connectivity index (χ0v) is 9.53. The van der Waals surface area contributed by atoms with Crippen LogP contribution in [0.15, 0.2) is 16.8 Å². The van der Waals surface area contributed by atoms with Crippen molar-refractivity contribution in [2.45, 2.75) is 33.2 Å². The first-order valence-electron chi connectivity index (χ1n) is 4.93. The van der Waals surface area contributed by atoms with E-state index in [0.29, 0.717) is 6.04 Å². The summed E-state index contributed by atoms with van der Waals surface area (Å²) in [6, 6.07) is 2.80. The Labute approximate surface area is 85.2 Å². The SMILES string of the molecule is CC(C)CNC(C)Cc1ccsc1. The molecule has 74 valence electrons. The van der Waals surface area contributed by atoms with Gasteiger partial charge in [-0.3, -0.25) is 0 Å². The van der Waals surface area contributed by atoms with Crippen molar-refractivity contribution in [3.05, 3.63) is 22.4 Å². The second-order valence-electron chi connectivity index (χ2n) is 4.04. The number of hydrogen-bond acceptors (Lipinski definition) is 2. The van der Waals surface area contributed by atoms with Gasteiger partial charge in [0.2, 0.25) is 0 Å². The Balaban J connectivity index is 2.22. The summed E-state index contributed by atoms with van der Waals surface area (Å²) in [6.07, 6.45) is 1.15. The monoisotopic (exact) mass is 197 g/mol. The van der Waals surface area contributed by atoms with Crippen LogP contribution in [0.4, 0.5) is 0 Å². The van der Waals surface area contributed by atoms with Gasteiger partial charge in [-0.25, -0.2) is 0 Å². The molecule has 1 aromatic heterocycles. The molecule has 0 spiro atoms. The topological polar surface area (TPSA) is 12.0 Å². The molecular weight excluding hydrogens is 178 g/mol. The van der Waals surface area contributed by atoms with E-state index in [1.165, 1.54) is 5.56 Å². The van der Waals surface area contributed by atoms with E-state index in [-0.39, 0.29) is 0 Å². The highest BCUT2D eigenvalue weighted by Gasteiger charge is 2.03. The van der Waals surface area contributed by atoms with Crippen LogP contribution in [-0.4, -0.2) is 12.6 Å². The summed E-state index contributed by atoms with van der Waals surface area (Å²) in [4.78, 5) is 0. The fourth-order valence-electron chi connectivity index (χ4n) is 1.27. The number of nitrogens with one attached hydrogen (secondary N) is 1. The molecule has 1 unspecified atom stereocenters. The second kappa shape index (κ2) is 5.40. The van der Waals surface area contributed by atoms with Crippen LogP contribution in [0.25, 0.3) is 0 Å². The maximum absolute atomic E-state index is 3.52. The smallest absolute Gasteiger partial charge is 0.00795 e. The van der Waals surface area contributed by atoms with Crippen molar-refractivity contribution in [1.82, 2.24) is 5.32 Å². The number of rotatable bonds is 5. The van der Waals surface area contributed by atoms with Gasteiger partial charge >= 0.3 is 0 Å². The Morgan fingerprint density at radius 3 is 2.69 bits per heavy atom. The predicted octanol–water partition coefficient (Wildman–Crippen LogP) is 2.92. The van der Waals surface area contributed by atoms with Gasteiger partial charge in [0.05, 0.1) is 0 Å². The molecule has 0 aliphatic rings. The fourth-order valence-corrected chi connectivity index (χ4v) is 1.95. The summed E-state index contributed by atoms with van der Waals surface area (Å²) in [5.74, 6) is 0.741. The lowest BCUT2D eigenvalue weighted by Gasteiger charge is -2.14. The summed E-state index contributed by atoms with van der Waals surface area (Å²) in [5, 5.41) is 7.90. The van der Waals surface area contributed by atoms with Gasteiger partial charge in [-0.1, -0.05) is 13.8 Å². The molecule has 0 bridgehead atoms. The van der Waals surface area contributed by atoms with Gasteiger partial charge in [-0.05, 0) is 48.2 Å². The van der Waals surface area contributed by atoms with Crippen LogP contribution in [0.3, 0.4) is 0 Å². The van der Waals surface area contributed by atoms with Crippen LogP contribution >= 0.6 is 11.3 Å². The molecule has 0 saturated carbocycles. The molecule has 0 aromatic carbocycles. The van der Waals surface area contributed by atoms with Gasteiger partial charge in [-0.15, -0.1) is 0 Å². The van der Waals surface area contributed by atoms with Crippen molar-refractivity contribution >= 4 is 11.3 Å². The van der Waals surface area contributed by atoms with Crippen molar-refractivity contribution in [1.29, 1.82) is 0 Å². The quantitative estimate of drug-likeness (QED) is 0.765. The summed E-state index contributed by atoms with van der Waals surface area (Å²) in [5.41, 5.74) is 1.45. The molecule has 13 heavy (non-hydrogen) atoms. The lowest BCUT2D eigenvalue weighted by Crippen LogP contribution is -2.31. The lowest BCUT2D eigenvalue weighted by molar-refractivity contribution is 0.482. The third kappa shape index (κ3) is 4.44. The molecule has 2 heteroatoms. The second-order valence-corrected chi connectivity index (χ2v) is 4.82. The summed E-state index contributed by atoms with van der Waals surface area (Å²) in [7, 11) is 0. The van der Waals surface area contributed by atoms with Crippen LogP contribution < -0.4 is 5.32 Å². The van der Waals surface area contributed by atoms with E-state index in [4.69, 9.17) is 0 Å². The van der Waals surface area contributed by atoms with Crippen molar-refractivity contribution < 1.29 is 0 Å². The summed E-state index contributed by atoms with van der Waals surface area (Å²) in [6.45, 7) is 7.85. The molecule has 1 N–H and O–H groups in total. The molecule has 1 atom stereocenters. The Morgan fingerprint density at radius 1 is 1.38 bits per heavy atom. The van der Waals surface area contributed by atoms with Gasteiger partial charge in [0, 0.05) is 6.04 Å². The van der Waals surface area contributed by atoms with E-state index in [0.717, 1.165) is 18.9 Å². The lowest BCUT2D eigenvalue weighted by atomic mass is 10.1. The first-order valence-corrected chi connectivity index (χ1v) is 5.87. The van der Waals surface area contributed by atoms with Crippen LogP contribution in [0.5, 0.6) is 0 Å². The minimum absolute atomic E-state index is 0.594. The van der Waals surface area contributed by atoms with E-state index >= 15 is 0 Å². The standard InChI is InChI=1S/C11H19NS/c1-9(2)7-12-10(3)6-11-4-5-13-8-11/h4-5,8-10,12H,6-7H2,1-3H3. The number of thiophene rings is 1. The van der Waals surface area contributed by atoms with Crippen LogP contribution in [0.2, 0.25) is 0 Å². The van der Waals surface area contributed by atoms with Crippen molar-refractivity contribution in [3.8, 4) is 0 Å². The molecule has 1 heterocycles. The van der Waals surface area contributed by atoms with E-state index in [9.17, 15) is 0 Å². The molecule has 0 radical (unpaired) electrons. The Morgan fingerprint density at radius 2 is 2.15 bits per heavy atom. The van der Waals surface area contributed by atoms with E-state index in [2.05, 4.69) is 42.9 Å².